The molecule has 0 spiro atoms. The van der Waals surface area contributed by atoms with Gasteiger partial charge in [0, 0.05) is 49.0 Å². The molecule has 2 N–H and O–H groups in total. The average molecular weight is 523 g/mol. The lowest BCUT2D eigenvalue weighted by Gasteiger charge is -2.35. The molecule has 1 amide bonds. The second-order valence-electron chi connectivity index (χ2n) is 11.2. The molecule has 3 aliphatic rings. The van der Waals surface area contributed by atoms with E-state index in [2.05, 4.69) is 28.5 Å². The second-order valence-corrected chi connectivity index (χ2v) is 11.2. The summed E-state index contributed by atoms with van der Waals surface area (Å²) >= 11 is 0. The van der Waals surface area contributed by atoms with E-state index in [0.717, 1.165) is 57.8 Å². The maximum atomic E-state index is 13.8. The number of hydrogen-bond donors (Lipinski definition) is 2. The topological polar surface area (TPSA) is 64.7 Å². The fourth-order valence-electron chi connectivity index (χ4n) is 6.44. The van der Waals surface area contributed by atoms with Crippen LogP contribution in [-0.2, 0) is 13.1 Å². The summed E-state index contributed by atoms with van der Waals surface area (Å²) in [6, 6.07) is 22.0. The monoisotopic (exact) mass is 522 g/mol. The van der Waals surface area contributed by atoms with Crippen LogP contribution < -0.4 is 10.6 Å². The summed E-state index contributed by atoms with van der Waals surface area (Å²) in [5, 5.41) is 7.07. The van der Waals surface area contributed by atoms with Gasteiger partial charge in [-0.1, -0.05) is 43.3 Å². The quantitative estimate of drug-likeness (QED) is 0.396. The van der Waals surface area contributed by atoms with Crippen molar-refractivity contribution >= 4 is 23.1 Å². The fourth-order valence-corrected chi connectivity index (χ4v) is 6.44. The van der Waals surface area contributed by atoms with E-state index in [1.165, 1.54) is 24.0 Å². The number of likely N-dealkylation sites (tertiary alicyclic amines) is 1. The number of carbonyl (C=O) groups excluding carboxylic acids is 2. The minimum atomic E-state index is -0.0206. The van der Waals surface area contributed by atoms with Crippen LogP contribution in [0.4, 0.5) is 11.4 Å². The summed E-state index contributed by atoms with van der Waals surface area (Å²) in [6.07, 6.45) is 4.58. The number of para-hydroxylation sites is 1. The maximum absolute atomic E-state index is 13.8. The van der Waals surface area contributed by atoms with Crippen molar-refractivity contribution in [3.05, 3.63) is 94.5 Å². The van der Waals surface area contributed by atoms with Crippen molar-refractivity contribution < 1.29 is 9.59 Å². The fraction of sp³-hybridized carbons (Fsp3) is 0.394. The van der Waals surface area contributed by atoms with Crippen LogP contribution in [0.2, 0.25) is 0 Å². The minimum absolute atomic E-state index is 0.0206. The van der Waals surface area contributed by atoms with E-state index in [-0.39, 0.29) is 11.7 Å². The normalized spacial score (nSPS) is 19.7. The second kappa shape index (κ2) is 11.3. The highest BCUT2D eigenvalue weighted by Crippen LogP contribution is 2.30. The minimum Gasteiger partial charge on any atom is -0.355 e. The van der Waals surface area contributed by atoms with E-state index in [0.29, 0.717) is 34.3 Å². The SMILES string of the molecule is CCN1Cc2ccc(C(=O)c3ccc(C(=O)N4CCC(C5CCCN5)CC4)c(Nc4ccccc4)c3)cc2C1. The Morgan fingerprint density at radius 2 is 1.64 bits per heavy atom. The maximum Gasteiger partial charge on any atom is 0.255 e. The average Bonchev–Trinajstić information content (AvgIpc) is 3.67. The molecule has 39 heavy (non-hydrogen) atoms. The van der Waals surface area contributed by atoms with Gasteiger partial charge in [0.05, 0.1) is 11.3 Å². The molecule has 2 saturated heterocycles. The van der Waals surface area contributed by atoms with Crippen molar-refractivity contribution in [1.29, 1.82) is 0 Å². The van der Waals surface area contributed by atoms with Gasteiger partial charge in [-0.05, 0) is 86.1 Å². The Kier molecular flexibility index (Phi) is 7.49. The van der Waals surface area contributed by atoms with Crippen molar-refractivity contribution in [1.82, 2.24) is 15.1 Å². The Morgan fingerprint density at radius 3 is 2.38 bits per heavy atom. The number of hydrogen-bond acceptors (Lipinski definition) is 5. The lowest BCUT2D eigenvalue weighted by atomic mass is 9.88. The molecule has 0 radical (unpaired) electrons. The van der Waals surface area contributed by atoms with Gasteiger partial charge in [-0.25, -0.2) is 0 Å². The highest BCUT2D eigenvalue weighted by molar-refractivity contribution is 6.11. The number of amides is 1. The van der Waals surface area contributed by atoms with Crippen LogP contribution in [0.3, 0.4) is 0 Å². The summed E-state index contributed by atoms with van der Waals surface area (Å²) in [7, 11) is 0. The van der Waals surface area contributed by atoms with E-state index in [9.17, 15) is 9.59 Å². The number of nitrogens with one attached hydrogen (secondary N) is 2. The molecule has 0 aliphatic carbocycles. The Bertz CT molecular complexity index is 1340. The van der Waals surface area contributed by atoms with Crippen molar-refractivity contribution in [2.45, 2.75) is 51.7 Å². The number of nitrogens with zero attached hydrogens (tertiary/aromatic N) is 2. The van der Waals surface area contributed by atoms with Gasteiger partial charge in [-0.3, -0.25) is 14.5 Å². The zero-order valence-electron chi connectivity index (χ0n) is 22.8. The first-order valence-corrected chi connectivity index (χ1v) is 14.5. The Hall–Kier alpha value is -3.48. The molecule has 0 aromatic heterocycles. The van der Waals surface area contributed by atoms with Crippen LogP contribution in [-0.4, -0.2) is 53.7 Å². The van der Waals surface area contributed by atoms with Gasteiger partial charge in [0.1, 0.15) is 0 Å². The van der Waals surface area contributed by atoms with Crippen molar-refractivity contribution in [3.8, 4) is 0 Å². The number of anilines is 2. The van der Waals surface area contributed by atoms with Crippen LogP contribution in [0.25, 0.3) is 0 Å². The van der Waals surface area contributed by atoms with E-state index < -0.39 is 0 Å². The Morgan fingerprint density at radius 1 is 0.897 bits per heavy atom. The van der Waals surface area contributed by atoms with Crippen molar-refractivity contribution in [3.63, 3.8) is 0 Å². The molecule has 3 aromatic carbocycles. The smallest absolute Gasteiger partial charge is 0.255 e. The molecule has 2 fully saturated rings. The molecular weight excluding hydrogens is 484 g/mol. The van der Waals surface area contributed by atoms with Gasteiger partial charge >= 0.3 is 0 Å². The van der Waals surface area contributed by atoms with Gasteiger partial charge in [0.25, 0.3) is 5.91 Å². The predicted molar refractivity (Wildman–Crippen MR) is 155 cm³/mol. The van der Waals surface area contributed by atoms with Crippen LogP contribution in [0.1, 0.15) is 70.0 Å². The standard InChI is InChI=1S/C33H38N4O2/c1-2-36-21-26-11-10-24(19-27(26)22-36)32(38)25-12-13-29(31(20-25)35-28-7-4-3-5-8-28)33(39)37-17-14-23(15-18-37)30-9-6-16-34-30/h3-5,7-8,10-13,19-20,23,30,34-35H,2,6,9,14-18,21-22H2,1H3. The van der Waals surface area contributed by atoms with Gasteiger partial charge in [0.15, 0.2) is 5.78 Å². The molecule has 6 rings (SSSR count). The summed E-state index contributed by atoms with van der Waals surface area (Å²) in [5.41, 5.74) is 5.98. The van der Waals surface area contributed by atoms with Gasteiger partial charge in [0.2, 0.25) is 0 Å². The molecule has 3 heterocycles. The van der Waals surface area contributed by atoms with Crippen molar-refractivity contribution in [2.75, 3.05) is 31.5 Å². The Labute approximate surface area is 231 Å². The lowest BCUT2D eigenvalue weighted by molar-refractivity contribution is 0.0675. The number of fused-ring (bicyclic) bond motifs is 1. The number of carbonyl (C=O) groups is 2. The van der Waals surface area contributed by atoms with Crippen LogP contribution >= 0.6 is 0 Å². The van der Waals surface area contributed by atoms with Crippen LogP contribution in [0.15, 0.2) is 66.7 Å². The molecule has 0 bridgehead atoms. The van der Waals surface area contributed by atoms with Gasteiger partial charge in [-0.2, -0.15) is 0 Å². The number of benzene rings is 3. The first-order chi connectivity index (χ1) is 19.1. The molecule has 1 atom stereocenters. The van der Waals surface area contributed by atoms with E-state index in [1.807, 2.05) is 65.6 Å². The first kappa shape index (κ1) is 25.8. The van der Waals surface area contributed by atoms with E-state index in [4.69, 9.17) is 0 Å². The van der Waals surface area contributed by atoms with E-state index in [1.54, 1.807) is 0 Å². The molecular formula is C33H38N4O2. The lowest BCUT2D eigenvalue weighted by Crippen LogP contribution is -2.43. The number of ketones is 1. The molecule has 202 valence electrons. The molecule has 3 aromatic rings. The third-order valence-electron chi connectivity index (χ3n) is 8.76. The molecule has 6 nitrogen and oxygen atoms in total. The molecule has 1 unspecified atom stereocenters. The summed E-state index contributed by atoms with van der Waals surface area (Å²) < 4.78 is 0. The highest BCUT2D eigenvalue weighted by atomic mass is 16.2. The summed E-state index contributed by atoms with van der Waals surface area (Å²) in [6.45, 7) is 7.65. The molecule has 0 saturated carbocycles. The van der Waals surface area contributed by atoms with Gasteiger partial charge in [-0.15, -0.1) is 0 Å². The zero-order valence-corrected chi connectivity index (χ0v) is 22.8. The predicted octanol–water partition coefficient (Wildman–Crippen LogP) is 5.60. The van der Waals surface area contributed by atoms with Crippen LogP contribution in [0.5, 0.6) is 0 Å². The summed E-state index contributed by atoms with van der Waals surface area (Å²) in [4.78, 5) is 31.7. The van der Waals surface area contributed by atoms with Gasteiger partial charge < -0.3 is 15.5 Å². The van der Waals surface area contributed by atoms with E-state index >= 15 is 0 Å². The third kappa shape index (κ3) is 5.49. The largest absolute Gasteiger partial charge is 0.355 e. The zero-order chi connectivity index (χ0) is 26.8. The first-order valence-electron chi connectivity index (χ1n) is 14.5. The number of rotatable bonds is 7. The summed E-state index contributed by atoms with van der Waals surface area (Å²) in [5.74, 6) is 0.658. The molecule has 6 heteroatoms. The Balaban J connectivity index is 1.24. The van der Waals surface area contributed by atoms with Crippen LogP contribution in [0, 0.1) is 5.92 Å². The third-order valence-corrected chi connectivity index (χ3v) is 8.76. The number of piperidine rings is 1. The van der Waals surface area contributed by atoms with Crippen molar-refractivity contribution in [2.24, 2.45) is 5.92 Å². The highest BCUT2D eigenvalue weighted by Gasteiger charge is 2.31. The molecule has 3 aliphatic heterocycles.